The molecule has 0 spiro atoms. The van der Waals surface area contributed by atoms with Crippen LogP contribution in [-0.2, 0) is 4.74 Å². The summed E-state index contributed by atoms with van der Waals surface area (Å²) < 4.78 is 5.52. The molecule has 0 amide bonds. The Morgan fingerprint density at radius 3 is 2.50 bits per heavy atom. The van der Waals surface area contributed by atoms with Crippen molar-refractivity contribution < 1.29 is 4.74 Å². The Hall–Kier alpha value is -0.860. The predicted octanol–water partition coefficient (Wildman–Crippen LogP) is 7.26. The molecule has 4 saturated carbocycles. The van der Waals surface area contributed by atoms with Crippen molar-refractivity contribution in [2.45, 2.75) is 90.6 Å². The van der Waals surface area contributed by atoms with Crippen LogP contribution in [0.15, 0.2) is 30.3 Å². The molecule has 0 aromatic heterocycles. The molecular weight excluding hydrogens is 390 g/mol. The number of ether oxygens (including phenoxy) is 1. The first-order valence-corrected chi connectivity index (χ1v) is 13.8. The van der Waals surface area contributed by atoms with E-state index in [9.17, 15) is 0 Å². The molecule has 1 N–H and O–H groups in total. The zero-order valence-electron chi connectivity index (χ0n) is 21.1. The number of benzene rings is 1. The highest BCUT2D eigenvalue weighted by molar-refractivity contribution is 5.18. The number of hydrogen-bond acceptors (Lipinski definition) is 2. The Balaban J connectivity index is 1.25. The molecule has 2 nitrogen and oxygen atoms in total. The van der Waals surface area contributed by atoms with Crippen LogP contribution in [0, 0.1) is 46.8 Å². The van der Waals surface area contributed by atoms with E-state index in [0.29, 0.717) is 17.5 Å². The quantitative estimate of drug-likeness (QED) is 0.506. The smallest absolute Gasteiger partial charge is 0.0490 e. The van der Waals surface area contributed by atoms with E-state index in [2.05, 4.69) is 56.4 Å². The molecule has 0 saturated heterocycles. The van der Waals surface area contributed by atoms with E-state index in [1.165, 1.54) is 63.4 Å². The zero-order valence-corrected chi connectivity index (χ0v) is 21.1. The Morgan fingerprint density at radius 1 is 0.938 bits per heavy atom. The Labute approximate surface area is 197 Å². The van der Waals surface area contributed by atoms with Crippen LogP contribution < -0.4 is 5.32 Å². The van der Waals surface area contributed by atoms with Gasteiger partial charge in [-0.25, -0.2) is 0 Å². The third kappa shape index (κ3) is 4.09. The lowest BCUT2D eigenvalue weighted by Gasteiger charge is -2.57. The van der Waals surface area contributed by atoms with Crippen molar-refractivity contribution in [1.29, 1.82) is 0 Å². The number of methoxy groups -OCH3 is 1. The summed E-state index contributed by atoms with van der Waals surface area (Å²) in [5.41, 5.74) is 1.97. The van der Waals surface area contributed by atoms with Crippen molar-refractivity contribution in [3.63, 3.8) is 0 Å². The largest absolute Gasteiger partial charge is 0.384 e. The molecule has 1 aromatic rings. The van der Waals surface area contributed by atoms with Gasteiger partial charge in [0, 0.05) is 25.8 Å². The summed E-state index contributed by atoms with van der Waals surface area (Å²) >= 11 is 0. The maximum absolute atomic E-state index is 5.52. The minimum absolute atomic E-state index is 0.433. The Morgan fingerprint density at radius 2 is 1.72 bits per heavy atom. The van der Waals surface area contributed by atoms with Crippen LogP contribution in [0.2, 0.25) is 0 Å². The molecule has 2 unspecified atom stereocenters. The molecule has 5 rings (SSSR count). The van der Waals surface area contributed by atoms with Gasteiger partial charge in [-0.05, 0) is 124 Å². The third-order valence-corrected chi connectivity index (χ3v) is 11.0. The van der Waals surface area contributed by atoms with Crippen molar-refractivity contribution in [2.24, 2.45) is 46.8 Å². The molecule has 178 valence electrons. The zero-order chi connectivity index (χ0) is 22.3. The highest BCUT2D eigenvalue weighted by Crippen LogP contribution is 2.65. The van der Waals surface area contributed by atoms with Crippen molar-refractivity contribution in [2.75, 3.05) is 13.7 Å². The van der Waals surface area contributed by atoms with E-state index in [1.54, 1.807) is 0 Å². The van der Waals surface area contributed by atoms with E-state index in [0.717, 1.165) is 48.0 Å². The van der Waals surface area contributed by atoms with Crippen LogP contribution in [0.4, 0.5) is 0 Å². The SMILES string of the molecule is COC[C@H]1CC[C@H]2[C@H](CC[C@H]3C4CCC([C@@H](C)N[C@H](C)c5ccccc5)[C@@]4(C)CC[C@H]23)C1. The lowest BCUT2D eigenvalue weighted by atomic mass is 9.49. The maximum atomic E-state index is 5.52. The van der Waals surface area contributed by atoms with Gasteiger partial charge >= 0.3 is 0 Å². The lowest BCUT2D eigenvalue weighted by molar-refractivity contribution is -0.0748. The molecule has 2 heteroatoms. The first kappa shape index (κ1) is 22.9. The average molecular weight is 438 g/mol. The third-order valence-electron chi connectivity index (χ3n) is 11.0. The van der Waals surface area contributed by atoms with Crippen LogP contribution in [0.1, 0.15) is 90.2 Å². The molecule has 10 atom stereocenters. The molecular formula is C30H47NO. The van der Waals surface area contributed by atoms with Crippen molar-refractivity contribution in [1.82, 2.24) is 5.32 Å². The van der Waals surface area contributed by atoms with Gasteiger partial charge in [-0.2, -0.15) is 0 Å². The molecule has 0 radical (unpaired) electrons. The van der Waals surface area contributed by atoms with Crippen LogP contribution in [0.5, 0.6) is 0 Å². The normalized spacial score (nSPS) is 43.1. The average Bonchev–Trinajstić information content (AvgIpc) is 3.17. The second kappa shape index (κ2) is 9.41. The number of rotatable bonds is 6. The molecule has 1 aromatic carbocycles. The number of fused-ring (bicyclic) bond motifs is 5. The Kier molecular flexibility index (Phi) is 6.74. The van der Waals surface area contributed by atoms with Gasteiger partial charge in [0.1, 0.15) is 0 Å². The highest BCUT2D eigenvalue weighted by atomic mass is 16.5. The standard InChI is InChI=1S/C30H47NO/c1-20(23-8-6-5-7-9-23)31-21(2)28-14-15-29-27-13-11-24-18-22(19-32-4)10-12-25(24)26(27)16-17-30(28,29)3/h5-9,20-22,24-29,31H,10-19H2,1-4H3/t20-,21-,22+,24-,25+,26-,27-,28?,29?,30-/m1/s1. The van der Waals surface area contributed by atoms with Crippen molar-refractivity contribution in [3.05, 3.63) is 35.9 Å². The van der Waals surface area contributed by atoms with Crippen molar-refractivity contribution in [3.8, 4) is 0 Å². The van der Waals surface area contributed by atoms with E-state index >= 15 is 0 Å². The predicted molar refractivity (Wildman–Crippen MR) is 133 cm³/mol. The lowest BCUT2D eigenvalue weighted by Crippen LogP contribution is -2.51. The van der Waals surface area contributed by atoms with Gasteiger partial charge < -0.3 is 10.1 Å². The van der Waals surface area contributed by atoms with Crippen LogP contribution in [-0.4, -0.2) is 19.8 Å². The van der Waals surface area contributed by atoms with Gasteiger partial charge in [0.25, 0.3) is 0 Å². The van der Waals surface area contributed by atoms with Gasteiger partial charge in [0.05, 0.1) is 0 Å². The molecule has 0 bridgehead atoms. The molecule has 0 aliphatic heterocycles. The second-order valence-electron chi connectivity index (χ2n) is 12.4. The minimum Gasteiger partial charge on any atom is -0.384 e. The molecule has 0 heterocycles. The first-order valence-electron chi connectivity index (χ1n) is 13.8. The van der Waals surface area contributed by atoms with Gasteiger partial charge in [-0.15, -0.1) is 0 Å². The molecule has 4 fully saturated rings. The van der Waals surface area contributed by atoms with Crippen molar-refractivity contribution >= 4 is 0 Å². The summed E-state index contributed by atoms with van der Waals surface area (Å²) in [5, 5.41) is 4.02. The summed E-state index contributed by atoms with van der Waals surface area (Å²) in [7, 11) is 1.89. The fourth-order valence-electron chi connectivity index (χ4n) is 9.55. The summed E-state index contributed by atoms with van der Waals surface area (Å²) in [6.07, 6.45) is 13.3. The number of hydrogen-bond donors (Lipinski definition) is 1. The van der Waals surface area contributed by atoms with Crippen LogP contribution in [0.3, 0.4) is 0 Å². The van der Waals surface area contributed by atoms with E-state index < -0.39 is 0 Å². The summed E-state index contributed by atoms with van der Waals surface area (Å²) in [4.78, 5) is 0. The van der Waals surface area contributed by atoms with E-state index in [-0.39, 0.29) is 0 Å². The van der Waals surface area contributed by atoms with Gasteiger partial charge in [0.2, 0.25) is 0 Å². The minimum atomic E-state index is 0.433. The molecule has 32 heavy (non-hydrogen) atoms. The summed E-state index contributed by atoms with van der Waals surface area (Å²) in [5.74, 6) is 6.70. The highest BCUT2D eigenvalue weighted by Gasteiger charge is 2.57. The molecule has 4 aliphatic rings. The van der Waals surface area contributed by atoms with Gasteiger partial charge in [-0.1, -0.05) is 37.3 Å². The van der Waals surface area contributed by atoms with Gasteiger partial charge in [-0.3, -0.25) is 0 Å². The van der Waals surface area contributed by atoms with E-state index in [1.807, 2.05) is 7.11 Å². The topological polar surface area (TPSA) is 21.3 Å². The van der Waals surface area contributed by atoms with E-state index in [4.69, 9.17) is 4.74 Å². The molecule has 4 aliphatic carbocycles. The maximum Gasteiger partial charge on any atom is 0.0490 e. The fraction of sp³-hybridized carbons (Fsp3) is 0.800. The number of nitrogens with one attached hydrogen (secondary N) is 1. The monoisotopic (exact) mass is 437 g/mol. The Bertz CT molecular complexity index is 748. The van der Waals surface area contributed by atoms with Gasteiger partial charge in [0.15, 0.2) is 0 Å². The van der Waals surface area contributed by atoms with Crippen LogP contribution >= 0.6 is 0 Å². The second-order valence-corrected chi connectivity index (χ2v) is 12.4. The fourth-order valence-corrected chi connectivity index (χ4v) is 9.55. The van der Waals surface area contributed by atoms with Crippen LogP contribution in [0.25, 0.3) is 0 Å². The summed E-state index contributed by atoms with van der Waals surface area (Å²) in [6.45, 7) is 8.51. The first-order chi connectivity index (χ1) is 15.5. The summed E-state index contributed by atoms with van der Waals surface area (Å²) in [6, 6.07) is 12.0.